The van der Waals surface area contributed by atoms with Crippen LogP contribution in [0.5, 0.6) is 0 Å². The molecular formula is C25H28Cl2N2O3S. The number of benzene rings is 2. The van der Waals surface area contributed by atoms with Gasteiger partial charge in [0.25, 0.3) is 0 Å². The summed E-state index contributed by atoms with van der Waals surface area (Å²) in [5.41, 5.74) is 0.918. The molecule has 0 aliphatic heterocycles. The van der Waals surface area contributed by atoms with Gasteiger partial charge >= 0.3 is 0 Å². The summed E-state index contributed by atoms with van der Waals surface area (Å²) in [6.07, 6.45) is 5.17. The summed E-state index contributed by atoms with van der Waals surface area (Å²) >= 11 is 13.4. The van der Waals surface area contributed by atoms with Gasteiger partial charge in [-0.1, -0.05) is 79.7 Å². The lowest BCUT2D eigenvalue weighted by molar-refractivity contribution is -0.126. The highest BCUT2D eigenvalue weighted by Crippen LogP contribution is 2.40. The Morgan fingerprint density at radius 2 is 1.67 bits per heavy atom. The summed E-state index contributed by atoms with van der Waals surface area (Å²) in [7, 11) is 0. The molecule has 1 fully saturated rings. The number of amides is 2. The number of nitrogens with one attached hydrogen (secondary N) is 2. The average Bonchev–Trinajstić information content (AvgIpc) is 2.77. The third kappa shape index (κ3) is 6.98. The topological polar surface area (TPSA) is 75.3 Å². The van der Waals surface area contributed by atoms with Crippen LogP contribution in [0.1, 0.15) is 51.5 Å². The molecule has 2 N–H and O–H groups in total. The average molecular weight is 507 g/mol. The van der Waals surface area contributed by atoms with Gasteiger partial charge in [0.1, 0.15) is 6.04 Å². The summed E-state index contributed by atoms with van der Waals surface area (Å²) in [5.74, 6) is -0.379. The van der Waals surface area contributed by atoms with Crippen LogP contribution in [-0.4, -0.2) is 23.0 Å². The van der Waals surface area contributed by atoms with Crippen LogP contribution in [0, 0.1) is 5.41 Å². The van der Waals surface area contributed by atoms with Crippen molar-refractivity contribution in [3.05, 3.63) is 58.1 Å². The first-order valence-electron chi connectivity index (χ1n) is 11.0. The first kappa shape index (κ1) is 25.6. The molecule has 0 aromatic heterocycles. The summed E-state index contributed by atoms with van der Waals surface area (Å²) in [4.78, 5) is 38.6. The molecule has 1 aliphatic carbocycles. The highest BCUT2D eigenvalue weighted by Gasteiger charge is 2.35. The normalized spacial score (nSPS) is 16.0. The molecule has 0 bridgehead atoms. The minimum absolute atomic E-state index is 0.0856. The first-order chi connectivity index (χ1) is 15.7. The Hall–Kier alpha value is -2.02. The fourth-order valence-electron chi connectivity index (χ4n) is 4.01. The molecule has 1 unspecified atom stereocenters. The van der Waals surface area contributed by atoms with Gasteiger partial charge in [-0.15, -0.1) is 0 Å². The number of carbonyl (C=O) groups is 3. The van der Waals surface area contributed by atoms with Crippen LogP contribution in [0.2, 0.25) is 10.0 Å². The standard InChI is InChI=1S/C25H28Cl2N2O3S/c1-16(30)28-21(13-17-9-5-3-6-10-17)23(31)33-22-15-19(27)18(26)14-20(22)29-24(32)25(2)11-7-4-8-12-25/h3,5-6,9-10,14-15,21H,4,7-8,11-13H2,1-2H3,(H,28,30)(H,29,32). The van der Waals surface area contributed by atoms with Crippen LogP contribution >= 0.6 is 35.0 Å². The predicted octanol–water partition coefficient (Wildman–Crippen LogP) is 6.27. The van der Waals surface area contributed by atoms with E-state index in [1.54, 1.807) is 12.1 Å². The molecule has 0 heterocycles. The summed E-state index contributed by atoms with van der Waals surface area (Å²) in [5, 5.41) is 6.04. The molecule has 33 heavy (non-hydrogen) atoms. The number of thioether (sulfide) groups is 1. The molecule has 0 spiro atoms. The van der Waals surface area contributed by atoms with Gasteiger partial charge < -0.3 is 10.6 Å². The van der Waals surface area contributed by atoms with Crippen molar-refractivity contribution < 1.29 is 14.4 Å². The van der Waals surface area contributed by atoms with E-state index in [1.807, 2.05) is 37.3 Å². The van der Waals surface area contributed by atoms with Crippen molar-refractivity contribution in [1.29, 1.82) is 0 Å². The third-order valence-electron chi connectivity index (χ3n) is 5.93. The van der Waals surface area contributed by atoms with Crippen LogP contribution in [0.4, 0.5) is 5.69 Å². The van der Waals surface area contributed by atoms with Gasteiger partial charge in [-0.2, -0.15) is 0 Å². The van der Waals surface area contributed by atoms with E-state index < -0.39 is 11.5 Å². The van der Waals surface area contributed by atoms with E-state index >= 15 is 0 Å². The van der Waals surface area contributed by atoms with E-state index in [-0.39, 0.29) is 22.0 Å². The van der Waals surface area contributed by atoms with Crippen LogP contribution < -0.4 is 10.6 Å². The lowest BCUT2D eigenvalue weighted by Gasteiger charge is -2.32. The lowest BCUT2D eigenvalue weighted by atomic mass is 9.75. The molecular weight excluding hydrogens is 479 g/mol. The fourth-order valence-corrected chi connectivity index (χ4v) is 5.30. The fraction of sp³-hybridized carbons (Fsp3) is 0.400. The van der Waals surface area contributed by atoms with E-state index in [1.165, 1.54) is 6.92 Å². The molecule has 0 saturated heterocycles. The Morgan fingerprint density at radius 1 is 1.03 bits per heavy atom. The van der Waals surface area contributed by atoms with E-state index in [0.29, 0.717) is 22.0 Å². The Bertz CT molecular complexity index is 1020. The van der Waals surface area contributed by atoms with E-state index in [9.17, 15) is 14.4 Å². The highest BCUT2D eigenvalue weighted by atomic mass is 35.5. The largest absolute Gasteiger partial charge is 0.345 e. The number of hydrogen-bond donors (Lipinski definition) is 2. The minimum atomic E-state index is -0.733. The van der Waals surface area contributed by atoms with Gasteiger partial charge in [-0.3, -0.25) is 14.4 Å². The quantitative estimate of drug-likeness (QED) is 0.434. The molecule has 1 atom stereocenters. The zero-order valence-electron chi connectivity index (χ0n) is 18.8. The van der Waals surface area contributed by atoms with E-state index in [4.69, 9.17) is 23.2 Å². The molecule has 1 saturated carbocycles. The Morgan fingerprint density at radius 3 is 2.30 bits per heavy atom. The third-order valence-corrected chi connectivity index (χ3v) is 7.70. The molecule has 176 valence electrons. The molecule has 8 heteroatoms. The van der Waals surface area contributed by atoms with E-state index in [0.717, 1.165) is 49.4 Å². The number of rotatable bonds is 7. The molecule has 1 aliphatic rings. The van der Waals surface area contributed by atoms with Gasteiger partial charge in [0, 0.05) is 23.7 Å². The van der Waals surface area contributed by atoms with Crippen molar-refractivity contribution >= 4 is 57.6 Å². The number of halogens is 2. The monoisotopic (exact) mass is 506 g/mol. The Kier molecular flexibility index (Phi) is 8.85. The summed E-state index contributed by atoms with van der Waals surface area (Å²) in [6.45, 7) is 3.36. The van der Waals surface area contributed by atoms with Crippen molar-refractivity contribution in [3.63, 3.8) is 0 Å². The minimum Gasteiger partial charge on any atom is -0.345 e. The highest BCUT2D eigenvalue weighted by molar-refractivity contribution is 8.14. The second kappa shape index (κ2) is 11.4. The van der Waals surface area contributed by atoms with Crippen molar-refractivity contribution in [2.75, 3.05) is 5.32 Å². The maximum atomic E-state index is 13.2. The predicted molar refractivity (Wildman–Crippen MR) is 135 cm³/mol. The van der Waals surface area contributed by atoms with Gasteiger partial charge in [0.2, 0.25) is 16.9 Å². The van der Waals surface area contributed by atoms with Crippen molar-refractivity contribution in [1.82, 2.24) is 5.32 Å². The molecule has 5 nitrogen and oxygen atoms in total. The van der Waals surface area contributed by atoms with Crippen LogP contribution in [-0.2, 0) is 20.8 Å². The van der Waals surface area contributed by atoms with Gasteiger partial charge in [0.05, 0.1) is 15.7 Å². The second-order valence-corrected chi connectivity index (χ2v) is 10.6. The lowest BCUT2D eigenvalue weighted by Crippen LogP contribution is -2.40. The maximum absolute atomic E-state index is 13.2. The van der Waals surface area contributed by atoms with Gasteiger partial charge in [0.15, 0.2) is 0 Å². The smallest absolute Gasteiger partial charge is 0.230 e. The van der Waals surface area contributed by atoms with Crippen molar-refractivity contribution in [3.8, 4) is 0 Å². The summed E-state index contributed by atoms with van der Waals surface area (Å²) in [6, 6.07) is 11.9. The van der Waals surface area contributed by atoms with Gasteiger partial charge in [-0.25, -0.2) is 0 Å². The zero-order chi connectivity index (χ0) is 24.0. The van der Waals surface area contributed by atoms with Crippen molar-refractivity contribution in [2.24, 2.45) is 5.41 Å². The maximum Gasteiger partial charge on any atom is 0.230 e. The van der Waals surface area contributed by atoms with Crippen LogP contribution in [0.3, 0.4) is 0 Å². The van der Waals surface area contributed by atoms with Crippen LogP contribution in [0.15, 0.2) is 47.4 Å². The van der Waals surface area contributed by atoms with Crippen molar-refractivity contribution in [2.45, 2.75) is 63.3 Å². The SMILES string of the molecule is CC(=O)NC(Cc1ccccc1)C(=O)Sc1cc(Cl)c(Cl)cc1NC(=O)C1(C)CCCCC1. The molecule has 2 aromatic rings. The molecule has 2 amide bonds. The number of anilines is 1. The molecule has 2 aromatic carbocycles. The Balaban J connectivity index is 1.83. The number of hydrogen-bond acceptors (Lipinski definition) is 4. The van der Waals surface area contributed by atoms with Crippen LogP contribution in [0.25, 0.3) is 0 Å². The first-order valence-corrected chi connectivity index (χ1v) is 12.6. The summed E-state index contributed by atoms with van der Waals surface area (Å²) < 4.78 is 0. The number of carbonyl (C=O) groups excluding carboxylic acids is 3. The zero-order valence-corrected chi connectivity index (χ0v) is 21.1. The van der Waals surface area contributed by atoms with E-state index in [2.05, 4.69) is 10.6 Å². The van der Waals surface area contributed by atoms with Gasteiger partial charge in [-0.05, 0) is 42.3 Å². The second-order valence-electron chi connectivity index (χ2n) is 8.70. The molecule has 0 radical (unpaired) electrons. The Labute approximate surface area is 209 Å². The molecule has 3 rings (SSSR count).